The first-order chi connectivity index (χ1) is 12.5. The molecular formula is C18H19N3O5. The first-order valence-corrected chi connectivity index (χ1v) is 7.77. The molecule has 0 saturated heterocycles. The summed E-state index contributed by atoms with van der Waals surface area (Å²) in [5.74, 6) is 0.646. The lowest BCUT2D eigenvalue weighted by Gasteiger charge is -2.17. The Morgan fingerprint density at radius 1 is 1.31 bits per heavy atom. The zero-order valence-electron chi connectivity index (χ0n) is 14.5. The molecule has 1 heterocycles. The van der Waals surface area contributed by atoms with Crippen LogP contribution in [0.3, 0.4) is 0 Å². The van der Waals surface area contributed by atoms with E-state index in [1.54, 1.807) is 24.3 Å². The molecule has 1 N–H and O–H groups in total. The molecule has 2 amide bonds. The van der Waals surface area contributed by atoms with Crippen molar-refractivity contribution in [3.8, 4) is 17.6 Å². The van der Waals surface area contributed by atoms with Gasteiger partial charge in [-0.3, -0.25) is 9.59 Å². The highest BCUT2D eigenvalue weighted by Crippen LogP contribution is 2.27. The smallest absolute Gasteiger partial charge is 0.260 e. The second-order valence-corrected chi connectivity index (χ2v) is 5.37. The van der Waals surface area contributed by atoms with E-state index in [0.29, 0.717) is 22.8 Å². The van der Waals surface area contributed by atoms with Gasteiger partial charge in [0.1, 0.15) is 5.76 Å². The molecule has 26 heavy (non-hydrogen) atoms. The van der Waals surface area contributed by atoms with Crippen LogP contribution in [0.4, 0.5) is 0 Å². The van der Waals surface area contributed by atoms with E-state index in [-0.39, 0.29) is 31.5 Å². The second-order valence-electron chi connectivity index (χ2n) is 5.37. The van der Waals surface area contributed by atoms with Crippen molar-refractivity contribution < 1.29 is 23.5 Å². The number of carbonyl (C=O) groups is 2. The molecule has 0 aliphatic heterocycles. The lowest BCUT2D eigenvalue weighted by Crippen LogP contribution is -2.40. The summed E-state index contributed by atoms with van der Waals surface area (Å²) >= 11 is 0. The van der Waals surface area contributed by atoms with Crippen LogP contribution < -0.4 is 14.8 Å². The average Bonchev–Trinajstić information content (AvgIpc) is 3.17. The Morgan fingerprint density at radius 2 is 2.12 bits per heavy atom. The molecule has 2 rings (SSSR count). The highest BCUT2D eigenvalue weighted by molar-refractivity contribution is 5.85. The van der Waals surface area contributed by atoms with E-state index in [4.69, 9.17) is 19.2 Å². The van der Waals surface area contributed by atoms with Gasteiger partial charge in [-0.05, 0) is 24.3 Å². The first-order valence-electron chi connectivity index (χ1n) is 7.77. The van der Waals surface area contributed by atoms with Gasteiger partial charge in [0.2, 0.25) is 5.91 Å². The molecule has 0 aliphatic rings. The SMILES string of the molecule is COc1cc(C#N)ccc1OCC(=O)N(C)CC(=O)NCc1ccco1. The van der Waals surface area contributed by atoms with Gasteiger partial charge >= 0.3 is 0 Å². The van der Waals surface area contributed by atoms with Crippen molar-refractivity contribution >= 4 is 11.8 Å². The summed E-state index contributed by atoms with van der Waals surface area (Å²) in [6.45, 7) is -0.107. The Bertz CT molecular complexity index is 796. The molecule has 1 aromatic carbocycles. The van der Waals surface area contributed by atoms with Crippen LogP contribution in [0.5, 0.6) is 11.5 Å². The number of carbonyl (C=O) groups excluding carboxylic acids is 2. The van der Waals surface area contributed by atoms with E-state index >= 15 is 0 Å². The fraction of sp³-hybridized carbons (Fsp3) is 0.278. The Balaban J connectivity index is 1.81. The summed E-state index contributed by atoms with van der Waals surface area (Å²) in [6, 6.07) is 10.1. The van der Waals surface area contributed by atoms with Crippen LogP contribution in [-0.4, -0.2) is 44.0 Å². The number of likely N-dealkylation sites (N-methyl/N-ethyl adjacent to an activating group) is 1. The summed E-state index contributed by atoms with van der Waals surface area (Å²) in [7, 11) is 2.95. The molecule has 2 aromatic rings. The summed E-state index contributed by atoms with van der Waals surface area (Å²) < 4.78 is 15.7. The summed E-state index contributed by atoms with van der Waals surface area (Å²) in [6.07, 6.45) is 1.52. The monoisotopic (exact) mass is 357 g/mol. The van der Waals surface area contributed by atoms with Crippen LogP contribution in [0, 0.1) is 11.3 Å². The Hall–Kier alpha value is -3.47. The predicted octanol–water partition coefficient (Wildman–Crippen LogP) is 1.31. The minimum Gasteiger partial charge on any atom is -0.493 e. The quantitative estimate of drug-likeness (QED) is 0.764. The number of hydrogen-bond acceptors (Lipinski definition) is 6. The summed E-state index contributed by atoms with van der Waals surface area (Å²) in [4.78, 5) is 25.2. The third kappa shape index (κ3) is 5.27. The molecule has 8 nitrogen and oxygen atoms in total. The number of nitriles is 1. The highest BCUT2D eigenvalue weighted by Gasteiger charge is 2.15. The number of nitrogens with one attached hydrogen (secondary N) is 1. The lowest BCUT2D eigenvalue weighted by atomic mass is 10.2. The zero-order valence-corrected chi connectivity index (χ0v) is 14.5. The van der Waals surface area contributed by atoms with Gasteiger partial charge in [-0.25, -0.2) is 0 Å². The molecule has 0 radical (unpaired) electrons. The molecule has 0 saturated carbocycles. The van der Waals surface area contributed by atoms with Crippen LogP contribution in [0.1, 0.15) is 11.3 Å². The molecule has 0 unspecified atom stereocenters. The van der Waals surface area contributed by atoms with Crippen LogP contribution in [-0.2, 0) is 16.1 Å². The fourth-order valence-corrected chi connectivity index (χ4v) is 2.06. The number of rotatable bonds is 8. The lowest BCUT2D eigenvalue weighted by molar-refractivity contribution is -0.136. The van der Waals surface area contributed by atoms with Gasteiger partial charge in [0.15, 0.2) is 18.1 Å². The normalized spacial score (nSPS) is 9.88. The topological polar surface area (TPSA) is 105 Å². The largest absolute Gasteiger partial charge is 0.493 e. The van der Waals surface area contributed by atoms with Gasteiger partial charge in [0.25, 0.3) is 5.91 Å². The van der Waals surface area contributed by atoms with Gasteiger partial charge in [0.05, 0.1) is 38.1 Å². The van der Waals surface area contributed by atoms with Crippen LogP contribution in [0.15, 0.2) is 41.0 Å². The zero-order chi connectivity index (χ0) is 18.9. The minimum atomic E-state index is -0.371. The molecule has 8 heteroatoms. The van der Waals surface area contributed by atoms with Gasteiger partial charge in [-0.1, -0.05) is 0 Å². The van der Waals surface area contributed by atoms with Gasteiger partial charge in [0, 0.05) is 13.1 Å². The maximum atomic E-state index is 12.1. The number of methoxy groups -OCH3 is 1. The van der Waals surface area contributed by atoms with E-state index in [9.17, 15) is 9.59 Å². The number of furan rings is 1. The Kier molecular flexibility index (Phi) is 6.62. The maximum Gasteiger partial charge on any atom is 0.260 e. The number of amides is 2. The van der Waals surface area contributed by atoms with Crippen molar-refractivity contribution in [1.29, 1.82) is 5.26 Å². The van der Waals surface area contributed by atoms with E-state index < -0.39 is 0 Å². The Morgan fingerprint density at radius 3 is 2.77 bits per heavy atom. The molecule has 136 valence electrons. The number of hydrogen-bond donors (Lipinski definition) is 1. The molecule has 1 aromatic heterocycles. The molecule has 0 spiro atoms. The number of ether oxygens (including phenoxy) is 2. The maximum absolute atomic E-state index is 12.1. The van der Waals surface area contributed by atoms with Crippen LogP contribution >= 0.6 is 0 Å². The van der Waals surface area contributed by atoms with Gasteiger partial charge in [-0.15, -0.1) is 0 Å². The second kappa shape index (κ2) is 9.13. The van der Waals surface area contributed by atoms with Crippen LogP contribution in [0.25, 0.3) is 0 Å². The summed E-state index contributed by atoms with van der Waals surface area (Å²) in [5.41, 5.74) is 0.422. The molecule has 0 fully saturated rings. The van der Waals surface area contributed by atoms with Crippen molar-refractivity contribution in [2.75, 3.05) is 27.3 Å². The first kappa shape index (κ1) is 18.9. The summed E-state index contributed by atoms with van der Waals surface area (Å²) in [5, 5.41) is 11.5. The number of nitrogens with zero attached hydrogens (tertiary/aromatic N) is 2. The minimum absolute atomic E-state index is 0.104. The Labute approximate surface area is 150 Å². The predicted molar refractivity (Wildman–Crippen MR) is 91.4 cm³/mol. The van der Waals surface area contributed by atoms with Crippen molar-refractivity contribution in [2.24, 2.45) is 0 Å². The van der Waals surface area contributed by atoms with Crippen molar-refractivity contribution in [3.05, 3.63) is 47.9 Å². The van der Waals surface area contributed by atoms with E-state index in [2.05, 4.69) is 5.32 Å². The van der Waals surface area contributed by atoms with Gasteiger partial charge in [-0.2, -0.15) is 5.26 Å². The van der Waals surface area contributed by atoms with Crippen molar-refractivity contribution in [2.45, 2.75) is 6.54 Å². The van der Waals surface area contributed by atoms with E-state index in [1.807, 2.05) is 6.07 Å². The average molecular weight is 357 g/mol. The standard InChI is InChI=1S/C18H19N3O5/c1-21(11-17(22)20-10-14-4-3-7-25-14)18(23)12-26-15-6-5-13(9-19)8-16(15)24-2/h3-8H,10-12H2,1-2H3,(H,20,22). The third-order valence-electron chi connectivity index (χ3n) is 3.49. The molecule has 0 bridgehead atoms. The van der Waals surface area contributed by atoms with E-state index in [0.717, 1.165) is 0 Å². The highest BCUT2D eigenvalue weighted by atomic mass is 16.5. The number of benzene rings is 1. The fourth-order valence-electron chi connectivity index (χ4n) is 2.06. The van der Waals surface area contributed by atoms with Gasteiger partial charge < -0.3 is 24.1 Å². The van der Waals surface area contributed by atoms with Crippen LogP contribution in [0.2, 0.25) is 0 Å². The third-order valence-corrected chi connectivity index (χ3v) is 3.49. The molecule has 0 atom stereocenters. The molecule has 0 aliphatic carbocycles. The van der Waals surface area contributed by atoms with Crippen molar-refractivity contribution in [3.63, 3.8) is 0 Å². The van der Waals surface area contributed by atoms with E-state index in [1.165, 1.54) is 31.4 Å². The molecular weight excluding hydrogens is 338 g/mol. The van der Waals surface area contributed by atoms with Crippen molar-refractivity contribution in [1.82, 2.24) is 10.2 Å².